The molecule has 0 aliphatic heterocycles. The van der Waals surface area contributed by atoms with Crippen molar-refractivity contribution in [3.63, 3.8) is 0 Å². The Bertz CT molecular complexity index is 593. The molecular weight excluding hydrogens is 226 g/mol. The zero-order valence-corrected chi connectivity index (χ0v) is 9.67. The molecule has 1 N–H and O–H groups in total. The lowest BCUT2D eigenvalue weighted by molar-refractivity contribution is 0.0697. The number of halogens is 1. The van der Waals surface area contributed by atoms with E-state index in [0.29, 0.717) is 5.39 Å². The third-order valence-corrected chi connectivity index (χ3v) is 3.14. The molecule has 16 heavy (non-hydrogen) atoms. The number of carboxylic acid groups (broad SMARTS) is 1. The number of hydrogen-bond donors (Lipinski definition) is 1. The summed E-state index contributed by atoms with van der Waals surface area (Å²) in [5.41, 5.74) is 2.93. The Morgan fingerprint density at radius 2 is 2.06 bits per heavy atom. The number of aromatic nitrogens is 1. The predicted octanol–water partition coefficient (Wildman–Crippen LogP) is 3.20. The van der Waals surface area contributed by atoms with Gasteiger partial charge in [0.2, 0.25) is 0 Å². The van der Waals surface area contributed by atoms with Crippen LogP contribution in [-0.2, 0) is 0 Å². The molecule has 2 aromatic rings. The average Bonchev–Trinajstić information content (AvgIpc) is 2.23. The molecule has 0 saturated carbocycles. The van der Waals surface area contributed by atoms with Crippen LogP contribution in [0.2, 0.25) is 5.02 Å². The van der Waals surface area contributed by atoms with E-state index in [1.54, 1.807) is 6.07 Å². The maximum Gasteiger partial charge on any atom is 0.338 e. The quantitative estimate of drug-likeness (QED) is 0.826. The van der Waals surface area contributed by atoms with Gasteiger partial charge in [-0.1, -0.05) is 23.7 Å². The summed E-state index contributed by atoms with van der Waals surface area (Å²) < 4.78 is 0. The summed E-state index contributed by atoms with van der Waals surface area (Å²) in [5, 5.41) is 9.86. The number of carboxylic acids is 1. The first-order chi connectivity index (χ1) is 7.52. The number of rotatable bonds is 1. The predicted molar refractivity (Wildman–Crippen MR) is 63.2 cm³/mol. The summed E-state index contributed by atoms with van der Waals surface area (Å²) in [4.78, 5) is 15.1. The number of aryl methyl sites for hydroxylation is 2. The van der Waals surface area contributed by atoms with Crippen molar-refractivity contribution in [3.05, 3.63) is 40.0 Å². The monoisotopic (exact) mass is 235 g/mol. The molecule has 0 saturated heterocycles. The molecular formula is C12H10ClNO2. The zero-order valence-electron chi connectivity index (χ0n) is 8.91. The van der Waals surface area contributed by atoms with E-state index in [4.69, 9.17) is 16.7 Å². The van der Waals surface area contributed by atoms with Crippen molar-refractivity contribution >= 4 is 28.5 Å². The van der Waals surface area contributed by atoms with E-state index >= 15 is 0 Å². The Morgan fingerprint density at radius 3 is 2.69 bits per heavy atom. The molecule has 1 heterocycles. The van der Waals surface area contributed by atoms with Crippen LogP contribution >= 0.6 is 11.6 Å². The van der Waals surface area contributed by atoms with Gasteiger partial charge in [-0.05, 0) is 25.0 Å². The minimum absolute atomic E-state index is 0.0393. The van der Waals surface area contributed by atoms with Crippen molar-refractivity contribution < 1.29 is 9.90 Å². The van der Waals surface area contributed by atoms with E-state index in [0.717, 1.165) is 16.6 Å². The van der Waals surface area contributed by atoms with Gasteiger partial charge in [0, 0.05) is 11.6 Å². The van der Waals surface area contributed by atoms with Gasteiger partial charge in [0.05, 0.1) is 16.1 Å². The fraction of sp³-hybridized carbons (Fsp3) is 0.167. The van der Waals surface area contributed by atoms with Crippen molar-refractivity contribution in [3.8, 4) is 0 Å². The Hall–Kier alpha value is -1.61. The normalized spacial score (nSPS) is 10.7. The lowest BCUT2D eigenvalue weighted by Crippen LogP contribution is -2.00. The molecule has 0 bridgehead atoms. The highest BCUT2D eigenvalue weighted by molar-refractivity contribution is 6.38. The molecule has 0 amide bonds. The largest absolute Gasteiger partial charge is 0.478 e. The van der Waals surface area contributed by atoms with Crippen molar-refractivity contribution in [1.29, 1.82) is 0 Å². The Labute approximate surface area is 97.7 Å². The maximum atomic E-state index is 10.9. The Morgan fingerprint density at radius 1 is 1.38 bits per heavy atom. The molecule has 0 aliphatic rings. The second-order valence-electron chi connectivity index (χ2n) is 3.69. The molecule has 0 radical (unpaired) electrons. The van der Waals surface area contributed by atoms with Crippen LogP contribution in [0.4, 0.5) is 0 Å². The third kappa shape index (κ3) is 1.53. The van der Waals surface area contributed by atoms with Crippen LogP contribution in [0.15, 0.2) is 18.3 Å². The van der Waals surface area contributed by atoms with Crippen molar-refractivity contribution in [2.24, 2.45) is 0 Å². The molecule has 0 spiro atoms. The number of hydrogen-bond acceptors (Lipinski definition) is 2. The van der Waals surface area contributed by atoms with Crippen LogP contribution in [0.1, 0.15) is 21.5 Å². The number of pyridine rings is 1. The van der Waals surface area contributed by atoms with Crippen molar-refractivity contribution in [1.82, 2.24) is 4.98 Å². The first-order valence-electron chi connectivity index (χ1n) is 4.80. The molecule has 3 nitrogen and oxygen atoms in total. The fourth-order valence-electron chi connectivity index (χ4n) is 1.62. The van der Waals surface area contributed by atoms with Gasteiger partial charge in [-0.2, -0.15) is 0 Å². The van der Waals surface area contributed by atoms with Crippen LogP contribution in [0.3, 0.4) is 0 Å². The lowest BCUT2D eigenvalue weighted by Gasteiger charge is -2.07. The van der Waals surface area contributed by atoms with Crippen LogP contribution in [0.5, 0.6) is 0 Å². The van der Waals surface area contributed by atoms with Crippen molar-refractivity contribution in [2.75, 3.05) is 0 Å². The number of carbonyl (C=O) groups is 1. The van der Waals surface area contributed by atoms with Crippen LogP contribution < -0.4 is 0 Å². The topological polar surface area (TPSA) is 50.2 Å². The average molecular weight is 236 g/mol. The highest BCUT2D eigenvalue weighted by atomic mass is 35.5. The van der Waals surface area contributed by atoms with Gasteiger partial charge in [0.1, 0.15) is 0 Å². The second-order valence-corrected chi connectivity index (χ2v) is 4.07. The molecule has 0 atom stereocenters. The summed E-state index contributed by atoms with van der Waals surface area (Å²) >= 11 is 6.04. The molecule has 1 aromatic heterocycles. The van der Waals surface area contributed by atoms with E-state index < -0.39 is 5.97 Å². The molecule has 4 heteroatoms. The Kier molecular flexibility index (Phi) is 2.56. The number of benzene rings is 1. The van der Waals surface area contributed by atoms with E-state index in [2.05, 4.69) is 4.98 Å². The van der Waals surface area contributed by atoms with Crippen LogP contribution in [0, 0.1) is 13.8 Å². The van der Waals surface area contributed by atoms with E-state index in [1.165, 1.54) is 6.20 Å². The highest BCUT2D eigenvalue weighted by Gasteiger charge is 2.13. The highest BCUT2D eigenvalue weighted by Crippen LogP contribution is 2.28. The summed E-state index contributed by atoms with van der Waals surface area (Å²) in [7, 11) is 0. The standard InChI is InChI=1S/C12H10ClNO2/c1-6-3-4-8-10(13)9(12(15)16)5-14-11(8)7(6)2/h3-5H,1-2H3,(H,15,16). The van der Waals surface area contributed by atoms with E-state index in [-0.39, 0.29) is 10.6 Å². The fourth-order valence-corrected chi connectivity index (χ4v) is 1.91. The second kappa shape index (κ2) is 3.76. The van der Waals surface area contributed by atoms with Crippen molar-refractivity contribution in [2.45, 2.75) is 13.8 Å². The van der Waals surface area contributed by atoms with Gasteiger partial charge in [-0.3, -0.25) is 4.98 Å². The zero-order chi connectivity index (χ0) is 11.9. The van der Waals surface area contributed by atoms with E-state index in [9.17, 15) is 4.79 Å². The van der Waals surface area contributed by atoms with Gasteiger partial charge in [0.25, 0.3) is 0 Å². The number of aromatic carboxylic acids is 1. The first-order valence-corrected chi connectivity index (χ1v) is 5.18. The summed E-state index contributed by atoms with van der Waals surface area (Å²) in [5.74, 6) is -1.06. The van der Waals surface area contributed by atoms with Crippen LogP contribution in [0.25, 0.3) is 10.9 Å². The number of nitrogens with zero attached hydrogens (tertiary/aromatic N) is 1. The minimum atomic E-state index is -1.06. The van der Waals surface area contributed by atoms with Gasteiger partial charge in [-0.25, -0.2) is 4.79 Å². The van der Waals surface area contributed by atoms with Gasteiger partial charge < -0.3 is 5.11 Å². The molecule has 82 valence electrons. The minimum Gasteiger partial charge on any atom is -0.478 e. The van der Waals surface area contributed by atoms with E-state index in [1.807, 2.05) is 19.9 Å². The summed E-state index contributed by atoms with van der Waals surface area (Å²) in [6, 6.07) is 3.72. The first kappa shape index (κ1) is 10.9. The maximum absolute atomic E-state index is 10.9. The summed E-state index contributed by atoms with van der Waals surface area (Å²) in [6.45, 7) is 3.93. The summed E-state index contributed by atoms with van der Waals surface area (Å²) in [6.07, 6.45) is 1.30. The van der Waals surface area contributed by atoms with Crippen LogP contribution in [-0.4, -0.2) is 16.1 Å². The Balaban J connectivity index is 2.87. The number of fused-ring (bicyclic) bond motifs is 1. The SMILES string of the molecule is Cc1ccc2c(Cl)c(C(=O)O)cnc2c1C. The molecule has 0 fully saturated rings. The smallest absolute Gasteiger partial charge is 0.338 e. The van der Waals surface area contributed by atoms with Gasteiger partial charge >= 0.3 is 5.97 Å². The molecule has 0 unspecified atom stereocenters. The lowest BCUT2D eigenvalue weighted by atomic mass is 10.0. The third-order valence-electron chi connectivity index (χ3n) is 2.73. The van der Waals surface area contributed by atoms with Gasteiger partial charge in [0.15, 0.2) is 0 Å². The molecule has 1 aromatic carbocycles. The van der Waals surface area contributed by atoms with Gasteiger partial charge in [-0.15, -0.1) is 0 Å². The molecule has 0 aliphatic carbocycles. The molecule has 2 rings (SSSR count).